The maximum Gasteiger partial charge on any atom is 0.344 e. The maximum absolute atomic E-state index is 13.5. The Bertz CT molecular complexity index is 927. The minimum Gasteiger partial charge on any atom is -0.479 e. The van der Waals surface area contributed by atoms with E-state index in [0.717, 1.165) is 0 Å². The Labute approximate surface area is 147 Å². The zero-order chi connectivity index (χ0) is 18.7. The number of carbonyl (C=O) groups is 1. The van der Waals surface area contributed by atoms with Gasteiger partial charge in [0.1, 0.15) is 0 Å². The van der Waals surface area contributed by atoms with Gasteiger partial charge in [0, 0.05) is 0 Å². The summed E-state index contributed by atoms with van der Waals surface area (Å²) in [6, 6.07) is 12.0. The molecule has 0 saturated heterocycles. The topological polar surface area (TPSA) is 53.4 Å². The van der Waals surface area contributed by atoms with E-state index in [1.807, 2.05) is 0 Å². The molecule has 1 heterocycles. The summed E-state index contributed by atoms with van der Waals surface area (Å²) >= 11 is 0. The summed E-state index contributed by atoms with van der Waals surface area (Å²) in [5, 5.41) is 0. The van der Waals surface area contributed by atoms with Gasteiger partial charge in [0.15, 0.2) is 30.1 Å². The van der Waals surface area contributed by atoms with E-state index >= 15 is 0 Å². The lowest BCUT2D eigenvalue weighted by Crippen LogP contribution is -2.19. The van der Waals surface area contributed by atoms with Crippen molar-refractivity contribution in [3.63, 3.8) is 0 Å². The number of aromatic nitrogens is 2. The van der Waals surface area contributed by atoms with Crippen LogP contribution in [0.15, 0.2) is 48.5 Å². The number of fused-ring (bicyclic) bond motifs is 1. The highest BCUT2D eigenvalue weighted by atomic mass is 19.3. The summed E-state index contributed by atoms with van der Waals surface area (Å²) in [6.07, 6.45) is -1.03. The Morgan fingerprint density at radius 2 is 1.85 bits per heavy atom. The summed E-state index contributed by atoms with van der Waals surface area (Å²) in [7, 11) is 0. The molecule has 26 heavy (non-hydrogen) atoms. The summed E-state index contributed by atoms with van der Waals surface area (Å²) in [4.78, 5) is 16.0. The number of carbonyl (C=O) groups excluding carboxylic acids is 1. The van der Waals surface area contributed by atoms with E-state index in [1.165, 1.54) is 31.2 Å². The predicted octanol–water partition coefficient (Wildman–Crippen LogP) is 4.25. The van der Waals surface area contributed by atoms with Crippen molar-refractivity contribution in [1.29, 1.82) is 0 Å². The summed E-state index contributed by atoms with van der Waals surface area (Å²) in [5.41, 5.74) is 0.608. The zero-order valence-electron chi connectivity index (χ0n) is 13.7. The molecule has 5 nitrogen and oxygen atoms in total. The third kappa shape index (κ3) is 3.63. The number of hydrogen-bond acceptors (Lipinski definition) is 4. The lowest BCUT2D eigenvalue weighted by atomic mass is 10.3. The highest BCUT2D eigenvalue weighted by molar-refractivity contribution is 5.76. The molecular weight excluding hydrogens is 349 g/mol. The van der Waals surface area contributed by atoms with E-state index < -0.39 is 31.0 Å². The van der Waals surface area contributed by atoms with Crippen molar-refractivity contribution in [2.24, 2.45) is 0 Å². The number of rotatable bonds is 6. The highest BCUT2D eigenvalue weighted by Crippen LogP contribution is 2.28. The van der Waals surface area contributed by atoms with Gasteiger partial charge in [-0.3, -0.25) is 4.57 Å². The number of esters is 1. The van der Waals surface area contributed by atoms with Gasteiger partial charge in [-0.05, 0) is 31.2 Å². The van der Waals surface area contributed by atoms with Crippen molar-refractivity contribution in [2.75, 3.05) is 6.61 Å². The molecule has 0 aliphatic heterocycles. The fourth-order valence-electron chi connectivity index (χ4n) is 2.54. The molecule has 0 amide bonds. The average molecular weight is 364 g/mol. The second kappa shape index (κ2) is 7.47. The molecule has 0 bridgehead atoms. The molecule has 3 aromatic rings. The smallest absolute Gasteiger partial charge is 0.344 e. The van der Waals surface area contributed by atoms with Gasteiger partial charge < -0.3 is 9.47 Å². The van der Waals surface area contributed by atoms with Gasteiger partial charge in [0.05, 0.1) is 11.0 Å². The average Bonchev–Trinajstić information content (AvgIpc) is 3.01. The van der Waals surface area contributed by atoms with Crippen LogP contribution in [0.3, 0.4) is 0 Å². The first-order valence-electron chi connectivity index (χ1n) is 7.79. The largest absolute Gasteiger partial charge is 0.479 e. The Hall–Kier alpha value is -3.03. The van der Waals surface area contributed by atoms with Crippen molar-refractivity contribution < 1.29 is 27.4 Å². The number of halogens is 3. The molecule has 0 radical (unpaired) electrons. The van der Waals surface area contributed by atoms with Crippen LogP contribution < -0.4 is 4.74 Å². The van der Waals surface area contributed by atoms with Crippen molar-refractivity contribution in [1.82, 2.24) is 9.55 Å². The Kier molecular flexibility index (Phi) is 5.11. The number of nitrogens with zero attached hydrogens (tertiary/aromatic N) is 2. The van der Waals surface area contributed by atoms with Crippen LogP contribution in [0.5, 0.6) is 5.75 Å². The molecule has 2 aromatic carbocycles. The Morgan fingerprint density at radius 3 is 2.58 bits per heavy atom. The fraction of sp³-hybridized carbons (Fsp3) is 0.222. The van der Waals surface area contributed by atoms with Crippen LogP contribution in [0.4, 0.5) is 13.2 Å². The molecule has 1 aromatic heterocycles. The van der Waals surface area contributed by atoms with Crippen LogP contribution in [0.25, 0.3) is 11.0 Å². The third-order valence-corrected chi connectivity index (χ3v) is 3.67. The van der Waals surface area contributed by atoms with E-state index in [9.17, 15) is 18.0 Å². The number of para-hydroxylation sites is 3. The first kappa shape index (κ1) is 17.8. The molecule has 0 N–H and O–H groups in total. The van der Waals surface area contributed by atoms with Gasteiger partial charge >= 0.3 is 12.5 Å². The normalized spacial score (nSPS) is 12.3. The number of hydrogen-bond donors (Lipinski definition) is 0. The van der Waals surface area contributed by atoms with Gasteiger partial charge in [-0.15, -0.1) is 0 Å². The van der Waals surface area contributed by atoms with Crippen molar-refractivity contribution in [3.05, 3.63) is 60.2 Å². The van der Waals surface area contributed by atoms with E-state index in [1.54, 1.807) is 24.3 Å². The summed E-state index contributed by atoms with van der Waals surface area (Å²) in [6.45, 7) is -1.96. The van der Waals surface area contributed by atoms with E-state index in [4.69, 9.17) is 9.47 Å². The lowest BCUT2D eigenvalue weighted by Gasteiger charge is -2.15. The van der Waals surface area contributed by atoms with Gasteiger partial charge in [-0.25, -0.2) is 14.2 Å². The second-order valence-electron chi connectivity index (χ2n) is 5.46. The molecule has 0 spiro atoms. The molecule has 136 valence electrons. The SMILES string of the molecule is CC(OC(=O)COc1ccccc1F)c1nc2ccccc2n1C(F)F. The van der Waals surface area contributed by atoms with Crippen LogP contribution >= 0.6 is 0 Å². The number of benzene rings is 2. The second-order valence-corrected chi connectivity index (χ2v) is 5.46. The molecule has 0 aliphatic rings. The molecule has 0 saturated carbocycles. The van der Waals surface area contributed by atoms with E-state index in [0.29, 0.717) is 10.1 Å². The van der Waals surface area contributed by atoms with Gasteiger partial charge in [0.2, 0.25) is 0 Å². The van der Waals surface area contributed by atoms with Gasteiger partial charge in [-0.2, -0.15) is 8.78 Å². The molecular formula is C18H15F3N2O3. The zero-order valence-corrected chi connectivity index (χ0v) is 13.7. The van der Waals surface area contributed by atoms with Crippen LogP contribution in [0.1, 0.15) is 25.4 Å². The Morgan fingerprint density at radius 1 is 1.15 bits per heavy atom. The van der Waals surface area contributed by atoms with Gasteiger partial charge in [0.25, 0.3) is 0 Å². The van der Waals surface area contributed by atoms with Crippen LogP contribution in [-0.4, -0.2) is 22.1 Å². The van der Waals surface area contributed by atoms with E-state index in [-0.39, 0.29) is 17.1 Å². The van der Waals surface area contributed by atoms with Crippen molar-refractivity contribution in [2.45, 2.75) is 19.6 Å². The standard InChI is InChI=1S/C18H15F3N2O3/c1-11(26-16(24)10-25-15-9-5-2-6-12(15)19)17-22-13-7-3-4-8-14(13)23(17)18(20)21/h2-9,11,18H,10H2,1H3. The molecule has 0 fully saturated rings. The molecule has 0 aliphatic carbocycles. The molecule has 3 rings (SSSR count). The van der Waals surface area contributed by atoms with Crippen molar-refractivity contribution >= 4 is 17.0 Å². The predicted molar refractivity (Wildman–Crippen MR) is 87.4 cm³/mol. The summed E-state index contributed by atoms with van der Waals surface area (Å²) < 4.78 is 51.2. The minimum atomic E-state index is -2.84. The van der Waals surface area contributed by atoms with Crippen molar-refractivity contribution in [3.8, 4) is 5.75 Å². The number of ether oxygens (including phenoxy) is 2. The van der Waals surface area contributed by atoms with Crippen LogP contribution in [0.2, 0.25) is 0 Å². The van der Waals surface area contributed by atoms with Crippen LogP contribution in [-0.2, 0) is 9.53 Å². The molecule has 8 heteroatoms. The monoisotopic (exact) mass is 364 g/mol. The van der Waals surface area contributed by atoms with Gasteiger partial charge in [-0.1, -0.05) is 24.3 Å². The van der Waals surface area contributed by atoms with E-state index in [2.05, 4.69) is 4.98 Å². The fourth-order valence-corrected chi connectivity index (χ4v) is 2.54. The maximum atomic E-state index is 13.5. The number of alkyl halides is 2. The first-order valence-corrected chi connectivity index (χ1v) is 7.79. The summed E-state index contributed by atoms with van der Waals surface area (Å²) in [5.74, 6) is -1.63. The Balaban J connectivity index is 1.72. The van der Waals surface area contributed by atoms with Crippen LogP contribution in [0, 0.1) is 5.82 Å². The highest BCUT2D eigenvalue weighted by Gasteiger charge is 2.24. The number of imidazole rings is 1. The molecule has 1 unspecified atom stereocenters. The molecule has 1 atom stereocenters. The third-order valence-electron chi connectivity index (χ3n) is 3.67. The quantitative estimate of drug-likeness (QED) is 0.614. The first-order chi connectivity index (χ1) is 12.5. The minimum absolute atomic E-state index is 0.0829. The lowest BCUT2D eigenvalue weighted by molar-refractivity contribution is -0.151.